The number of ether oxygens (including phenoxy) is 1. The number of rotatable bonds is 4. The molecule has 4 N–H and O–H groups in total. The van der Waals surface area contributed by atoms with E-state index in [4.69, 9.17) is 23.9 Å². The van der Waals surface area contributed by atoms with Gasteiger partial charge in [-0.2, -0.15) is 0 Å². The van der Waals surface area contributed by atoms with Gasteiger partial charge in [0.1, 0.15) is 0 Å². The molecule has 0 heterocycles. The van der Waals surface area contributed by atoms with E-state index in [-0.39, 0.29) is 0 Å². The van der Waals surface area contributed by atoms with Crippen LogP contribution < -0.4 is 0 Å². The van der Waals surface area contributed by atoms with Gasteiger partial charge in [0.15, 0.2) is 0 Å². The summed E-state index contributed by atoms with van der Waals surface area (Å²) >= 11 is 0. The fourth-order valence-corrected chi connectivity index (χ4v) is 0.235. The average Bonchev–Trinajstić information content (AvgIpc) is 1.85. The molecule has 0 aromatic rings. The van der Waals surface area contributed by atoms with E-state index in [1.54, 1.807) is 12.2 Å². The molecular weight excluding hydrogens is 180 g/mol. The molecule has 0 aliphatic heterocycles. The van der Waals surface area contributed by atoms with Crippen LogP contribution in [0, 0.1) is 0 Å². The van der Waals surface area contributed by atoms with Crippen LogP contribution in [0.25, 0.3) is 0 Å². The van der Waals surface area contributed by atoms with Crippen LogP contribution in [0.2, 0.25) is 0 Å². The molecule has 6 heteroatoms. The molecular formula is C6H14O5Si. The van der Waals surface area contributed by atoms with Crippen molar-refractivity contribution in [3.05, 3.63) is 25.3 Å². The van der Waals surface area contributed by atoms with Gasteiger partial charge in [-0.05, 0) is 0 Å². The summed E-state index contributed by atoms with van der Waals surface area (Å²) in [5, 5.41) is 0. The van der Waals surface area contributed by atoms with Crippen molar-refractivity contribution in [2.45, 2.75) is 0 Å². The lowest BCUT2D eigenvalue weighted by molar-refractivity contribution is 0.117. The summed E-state index contributed by atoms with van der Waals surface area (Å²) in [7, 11) is -4.61. The van der Waals surface area contributed by atoms with Crippen molar-refractivity contribution in [2.75, 3.05) is 13.2 Å². The Morgan fingerprint density at radius 3 is 1.42 bits per heavy atom. The van der Waals surface area contributed by atoms with Crippen LogP contribution in [0.5, 0.6) is 0 Å². The van der Waals surface area contributed by atoms with E-state index < -0.39 is 9.05 Å². The summed E-state index contributed by atoms with van der Waals surface area (Å²) in [4.78, 5) is 29.3. The molecule has 0 aromatic carbocycles. The maximum atomic E-state index is 7.33. The van der Waals surface area contributed by atoms with E-state index >= 15 is 0 Å². The van der Waals surface area contributed by atoms with Gasteiger partial charge in [-0.25, -0.2) is 0 Å². The van der Waals surface area contributed by atoms with Gasteiger partial charge in [0.2, 0.25) is 0 Å². The summed E-state index contributed by atoms with van der Waals surface area (Å²) in [6.07, 6.45) is 3.42. The lowest BCUT2D eigenvalue weighted by Gasteiger charge is -1.91. The predicted octanol–water partition coefficient (Wildman–Crippen LogP) is -1.23. The van der Waals surface area contributed by atoms with Crippen molar-refractivity contribution in [2.24, 2.45) is 0 Å². The molecule has 0 saturated carbocycles. The van der Waals surface area contributed by atoms with Gasteiger partial charge in [-0.3, -0.25) is 0 Å². The van der Waals surface area contributed by atoms with Gasteiger partial charge in [0.25, 0.3) is 0 Å². The molecule has 0 aliphatic rings. The first kappa shape index (κ1) is 14.0. The van der Waals surface area contributed by atoms with Gasteiger partial charge >= 0.3 is 9.05 Å². The Labute approximate surface area is 72.4 Å². The largest absolute Gasteiger partial charge is 0.668 e. The van der Waals surface area contributed by atoms with Crippen molar-refractivity contribution in [1.29, 1.82) is 0 Å². The summed E-state index contributed by atoms with van der Waals surface area (Å²) in [6.45, 7) is 8.18. The van der Waals surface area contributed by atoms with E-state index in [1.807, 2.05) is 0 Å². The zero-order valence-electron chi connectivity index (χ0n) is 6.68. The molecule has 0 aliphatic carbocycles. The summed E-state index contributed by atoms with van der Waals surface area (Å²) in [5.74, 6) is 0. The van der Waals surface area contributed by atoms with E-state index in [0.29, 0.717) is 13.2 Å². The van der Waals surface area contributed by atoms with Crippen LogP contribution in [-0.4, -0.2) is 41.4 Å². The Hall–Kier alpha value is -0.503. The van der Waals surface area contributed by atoms with Crippen molar-refractivity contribution in [3.8, 4) is 0 Å². The van der Waals surface area contributed by atoms with E-state index in [0.717, 1.165) is 0 Å². The fourth-order valence-electron chi connectivity index (χ4n) is 0.235. The third-order valence-electron chi connectivity index (χ3n) is 0.471. The quantitative estimate of drug-likeness (QED) is 0.255. The van der Waals surface area contributed by atoms with E-state index in [2.05, 4.69) is 13.2 Å². The third-order valence-corrected chi connectivity index (χ3v) is 0.471. The van der Waals surface area contributed by atoms with Crippen molar-refractivity contribution in [1.82, 2.24) is 0 Å². The minimum Gasteiger partial charge on any atom is -0.373 e. The maximum Gasteiger partial charge on any atom is 0.668 e. The first-order valence-corrected chi connectivity index (χ1v) is 4.89. The molecule has 0 fully saturated rings. The Balaban J connectivity index is 0. The maximum absolute atomic E-state index is 7.33. The molecule has 0 bridgehead atoms. The first-order valence-electron chi connectivity index (χ1n) is 3.10. The molecule has 0 unspecified atom stereocenters. The van der Waals surface area contributed by atoms with Gasteiger partial charge in [0.05, 0.1) is 13.2 Å². The van der Waals surface area contributed by atoms with Crippen LogP contribution >= 0.6 is 0 Å². The highest BCUT2D eigenvalue weighted by atomic mass is 28.4. The van der Waals surface area contributed by atoms with Crippen molar-refractivity contribution < 1.29 is 23.9 Å². The minimum absolute atomic E-state index is 0.617. The summed E-state index contributed by atoms with van der Waals surface area (Å²) in [5.41, 5.74) is 0. The molecule has 5 nitrogen and oxygen atoms in total. The average molecular weight is 194 g/mol. The van der Waals surface area contributed by atoms with Crippen LogP contribution in [-0.2, 0) is 4.74 Å². The second kappa shape index (κ2) is 8.59. The number of hydrogen-bond acceptors (Lipinski definition) is 5. The summed E-state index contributed by atoms with van der Waals surface area (Å²) in [6, 6.07) is 0. The molecule has 0 spiro atoms. The zero-order valence-corrected chi connectivity index (χ0v) is 7.68. The molecule has 0 atom stereocenters. The smallest absolute Gasteiger partial charge is 0.373 e. The molecule has 0 aromatic heterocycles. The Morgan fingerprint density at radius 1 is 1.00 bits per heavy atom. The monoisotopic (exact) mass is 194 g/mol. The Morgan fingerprint density at radius 2 is 1.25 bits per heavy atom. The second-order valence-corrected chi connectivity index (χ2v) is 2.91. The topological polar surface area (TPSA) is 90.2 Å². The fraction of sp³-hybridized carbons (Fsp3) is 0.333. The van der Waals surface area contributed by atoms with E-state index in [1.165, 1.54) is 0 Å². The van der Waals surface area contributed by atoms with Crippen LogP contribution in [0.1, 0.15) is 0 Å². The highest BCUT2D eigenvalue weighted by molar-refractivity contribution is 6.46. The second-order valence-electron chi connectivity index (χ2n) is 1.71. The van der Waals surface area contributed by atoms with Crippen LogP contribution in [0.4, 0.5) is 0 Å². The highest BCUT2D eigenvalue weighted by Crippen LogP contribution is 1.72. The van der Waals surface area contributed by atoms with E-state index in [9.17, 15) is 0 Å². The molecule has 0 amide bonds. The first-order chi connectivity index (χ1) is 5.41. The van der Waals surface area contributed by atoms with Crippen LogP contribution in [0.3, 0.4) is 0 Å². The van der Waals surface area contributed by atoms with Crippen LogP contribution in [0.15, 0.2) is 25.3 Å². The molecule has 72 valence electrons. The number of hydrogen-bond donors (Lipinski definition) is 4. The molecule has 0 saturated heterocycles. The SMILES string of the molecule is C=CCOCC=C.O[Si](O)(O)O. The van der Waals surface area contributed by atoms with Gasteiger partial charge in [-0.15, -0.1) is 13.2 Å². The standard InChI is InChI=1S/C6H10O.H4O4Si/c1-3-5-7-6-4-2;1-5(2,3)4/h3-4H,1-2,5-6H2;1-4H. The molecule has 0 rings (SSSR count). The lowest BCUT2D eigenvalue weighted by atomic mass is 10.6. The van der Waals surface area contributed by atoms with Crippen molar-refractivity contribution >= 4 is 9.05 Å². The molecule has 12 heavy (non-hydrogen) atoms. The lowest BCUT2D eigenvalue weighted by Crippen LogP contribution is -2.33. The van der Waals surface area contributed by atoms with Crippen molar-refractivity contribution in [3.63, 3.8) is 0 Å². The summed E-state index contributed by atoms with van der Waals surface area (Å²) < 4.78 is 4.90. The normalized spacial score (nSPS) is 9.67. The Kier molecular flexibility index (Phi) is 10.1. The van der Waals surface area contributed by atoms with Gasteiger partial charge in [0, 0.05) is 0 Å². The predicted molar refractivity (Wildman–Crippen MR) is 45.8 cm³/mol. The minimum atomic E-state index is -4.61. The van der Waals surface area contributed by atoms with Gasteiger partial charge in [-0.1, -0.05) is 12.2 Å². The molecule has 0 radical (unpaired) electrons. The van der Waals surface area contributed by atoms with Gasteiger partial charge < -0.3 is 23.9 Å². The Bertz CT molecular complexity index is 106. The third kappa shape index (κ3) is 56.1. The zero-order chi connectivity index (χ0) is 10.0. The highest BCUT2D eigenvalue weighted by Gasteiger charge is 2.22.